The second kappa shape index (κ2) is 7.20. The highest BCUT2D eigenvalue weighted by Gasteiger charge is 2.17. The van der Waals surface area contributed by atoms with Crippen molar-refractivity contribution in [3.05, 3.63) is 72.1 Å². The van der Waals surface area contributed by atoms with Crippen molar-refractivity contribution in [1.82, 2.24) is 24.7 Å². The lowest BCUT2D eigenvalue weighted by molar-refractivity contribution is 0.928. The van der Waals surface area contributed by atoms with Crippen molar-refractivity contribution in [2.24, 2.45) is 7.05 Å². The highest BCUT2D eigenvalue weighted by atomic mass is 35.5. The number of benzene rings is 2. The largest absolute Gasteiger partial charge is 0.381 e. The Balaban J connectivity index is 1.71. The van der Waals surface area contributed by atoms with Gasteiger partial charge in [0, 0.05) is 36.0 Å². The number of aromatic amines is 1. The fourth-order valence-corrected chi connectivity index (χ4v) is 3.67. The number of aromatic nitrogens is 5. The van der Waals surface area contributed by atoms with Crippen LogP contribution in [0.2, 0.25) is 5.02 Å². The Labute approximate surface area is 177 Å². The van der Waals surface area contributed by atoms with Crippen LogP contribution in [0.3, 0.4) is 0 Å². The van der Waals surface area contributed by atoms with Gasteiger partial charge in [0.25, 0.3) is 0 Å². The van der Waals surface area contributed by atoms with Gasteiger partial charge in [-0.2, -0.15) is 5.10 Å². The standard InChI is InChI=1S/C22H18ClN7/c1-30-8-7-16(12-30)26-22-21(24)27-19(13-5-3-2-4-6-13)20(28-22)14-9-15-11-25-29-18(15)17(23)10-14/h2-12H,1H3,(H2,24,27)(H,25,29)(H,26,28). The Morgan fingerprint density at radius 2 is 1.83 bits per heavy atom. The van der Waals surface area contributed by atoms with Gasteiger partial charge >= 0.3 is 0 Å². The molecule has 5 aromatic rings. The number of hydrogen-bond donors (Lipinski definition) is 3. The number of nitrogens with two attached hydrogens (primary N) is 1. The lowest BCUT2D eigenvalue weighted by atomic mass is 10.0. The maximum atomic E-state index is 6.49. The fraction of sp³-hybridized carbons (Fsp3) is 0.0455. The molecule has 4 N–H and O–H groups in total. The van der Waals surface area contributed by atoms with Crippen LogP contribution in [0.5, 0.6) is 0 Å². The van der Waals surface area contributed by atoms with Crippen molar-refractivity contribution in [3.63, 3.8) is 0 Å². The molecule has 148 valence electrons. The first kappa shape index (κ1) is 18.2. The molecule has 0 fully saturated rings. The first-order valence-electron chi connectivity index (χ1n) is 9.33. The number of rotatable bonds is 4. The number of hydrogen-bond acceptors (Lipinski definition) is 5. The Morgan fingerprint density at radius 1 is 1.03 bits per heavy atom. The van der Waals surface area contributed by atoms with Gasteiger partial charge < -0.3 is 15.6 Å². The van der Waals surface area contributed by atoms with Gasteiger partial charge in [-0.05, 0) is 18.2 Å². The number of H-pyrrole nitrogens is 1. The average molecular weight is 416 g/mol. The van der Waals surface area contributed by atoms with E-state index in [1.807, 2.05) is 72.5 Å². The molecule has 3 heterocycles. The molecule has 0 aliphatic heterocycles. The molecule has 0 saturated carbocycles. The number of nitrogens with zero attached hydrogens (tertiary/aromatic N) is 4. The van der Waals surface area contributed by atoms with E-state index in [-0.39, 0.29) is 0 Å². The van der Waals surface area contributed by atoms with Crippen molar-refractivity contribution in [3.8, 4) is 22.5 Å². The van der Waals surface area contributed by atoms with E-state index >= 15 is 0 Å². The van der Waals surface area contributed by atoms with Crippen LogP contribution >= 0.6 is 11.6 Å². The molecule has 0 aliphatic rings. The summed E-state index contributed by atoms with van der Waals surface area (Å²) in [5.41, 5.74) is 11.1. The van der Waals surface area contributed by atoms with Gasteiger partial charge in [0.15, 0.2) is 11.6 Å². The Kier molecular flexibility index (Phi) is 4.37. The molecule has 0 saturated heterocycles. The molecule has 2 aromatic carbocycles. The highest BCUT2D eigenvalue weighted by Crippen LogP contribution is 2.36. The van der Waals surface area contributed by atoms with E-state index in [4.69, 9.17) is 27.3 Å². The molecule has 0 bridgehead atoms. The molecular weight excluding hydrogens is 398 g/mol. The maximum Gasteiger partial charge on any atom is 0.174 e. The number of anilines is 3. The minimum atomic E-state index is 0.317. The molecular formula is C22H18ClN7. The number of nitrogens with one attached hydrogen (secondary N) is 2. The minimum absolute atomic E-state index is 0.317. The highest BCUT2D eigenvalue weighted by molar-refractivity contribution is 6.35. The van der Waals surface area contributed by atoms with Crippen LogP contribution in [0, 0.1) is 0 Å². The summed E-state index contributed by atoms with van der Waals surface area (Å²) in [6.07, 6.45) is 5.62. The van der Waals surface area contributed by atoms with Crippen LogP contribution in [0.4, 0.5) is 17.3 Å². The lowest BCUT2D eigenvalue weighted by Gasteiger charge is -2.14. The monoisotopic (exact) mass is 415 g/mol. The van der Waals surface area contributed by atoms with Crippen LogP contribution in [0.1, 0.15) is 0 Å². The number of fused-ring (bicyclic) bond motifs is 1. The van der Waals surface area contributed by atoms with Gasteiger partial charge in [-0.3, -0.25) is 5.10 Å². The average Bonchev–Trinajstić information content (AvgIpc) is 3.39. The SMILES string of the molecule is Cn1ccc(Nc2nc(-c3cc(Cl)c4[nH]ncc4c3)c(-c3ccccc3)nc2N)c1. The van der Waals surface area contributed by atoms with Crippen molar-refractivity contribution in [1.29, 1.82) is 0 Å². The van der Waals surface area contributed by atoms with Gasteiger partial charge in [-0.15, -0.1) is 0 Å². The van der Waals surface area contributed by atoms with E-state index in [2.05, 4.69) is 15.5 Å². The zero-order chi connectivity index (χ0) is 20.7. The third-order valence-electron chi connectivity index (χ3n) is 4.84. The Hall–Kier alpha value is -3.84. The van der Waals surface area contributed by atoms with Gasteiger partial charge in [0.05, 0.1) is 33.8 Å². The molecule has 0 amide bonds. The van der Waals surface area contributed by atoms with Crippen LogP contribution in [0.25, 0.3) is 33.4 Å². The van der Waals surface area contributed by atoms with E-state index in [9.17, 15) is 0 Å². The van der Waals surface area contributed by atoms with Crippen molar-refractivity contribution < 1.29 is 0 Å². The second-order valence-electron chi connectivity index (χ2n) is 7.00. The third kappa shape index (κ3) is 3.25. The molecule has 3 aromatic heterocycles. The van der Waals surface area contributed by atoms with Crippen molar-refractivity contribution >= 4 is 39.8 Å². The summed E-state index contributed by atoms with van der Waals surface area (Å²) in [6.45, 7) is 0. The summed E-state index contributed by atoms with van der Waals surface area (Å²) in [5, 5.41) is 11.7. The predicted octanol–water partition coefficient (Wildman–Crippen LogP) is 5.00. The molecule has 0 radical (unpaired) electrons. The minimum Gasteiger partial charge on any atom is -0.381 e. The summed E-state index contributed by atoms with van der Waals surface area (Å²) in [7, 11) is 1.95. The van der Waals surface area contributed by atoms with E-state index in [1.54, 1.807) is 6.20 Å². The number of halogens is 1. The summed E-state index contributed by atoms with van der Waals surface area (Å²) in [5.74, 6) is 0.802. The van der Waals surface area contributed by atoms with Gasteiger partial charge in [0.1, 0.15) is 0 Å². The summed E-state index contributed by atoms with van der Waals surface area (Å²) in [6, 6.07) is 15.6. The Morgan fingerprint density at radius 3 is 2.60 bits per heavy atom. The molecule has 0 aliphatic carbocycles. The van der Waals surface area contributed by atoms with E-state index < -0.39 is 0 Å². The summed E-state index contributed by atoms with van der Waals surface area (Å²) in [4.78, 5) is 9.56. The second-order valence-corrected chi connectivity index (χ2v) is 7.41. The van der Waals surface area contributed by atoms with Gasteiger partial charge in [0.2, 0.25) is 0 Å². The quantitative estimate of drug-likeness (QED) is 0.383. The van der Waals surface area contributed by atoms with E-state index in [0.717, 1.165) is 27.7 Å². The molecule has 5 rings (SSSR count). The maximum absolute atomic E-state index is 6.49. The summed E-state index contributed by atoms with van der Waals surface area (Å²) >= 11 is 6.49. The van der Waals surface area contributed by atoms with E-state index in [1.165, 1.54) is 0 Å². The van der Waals surface area contributed by atoms with Crippen LogP contribution in [0.15, 0.2) is 67.1 Å². The topological polar surface area (TPSA) is 97.4 Å². The van der Waals surface area contributed by atoms with Crippen LogP contribution in [-0.2, 0) is 7.05 Å². The first-order valence-corrected chi connectivity index (χ1v) is 9.71. The summed E-state index contributed by atoms with van der Waals surface area (Å²) < 4.78 is 1.94. The smallest absolute Gasteiger partial charge is 0.174 e. The molecule has 0 spiro atoms. The van der Waals surface area contributed by atoms with Crippen LogP contribution < -0.4 is 11.1 Å². The fourth-order valence-electron chi connectivity index (χ4n) is 3.40. The molecule has 30 heavy (non-hydrogen) atoms. The zero-order valence-corrected chi connectivity index (χ0v) is 16.9. The van der Waals surface area contributed by atoms with Gasteiger partial charge in [-0.1, -0.05) is 41.9 Å². The lowest BCUT2D eigenvalue weighted by Crippen LogP contribution is -2.05. The number of nitrogen functional groups attached to an aromatic ring is 1. The molecule has 0 atom stereocenters. The Bertz CT molecular complexity index is 1350. The normalized spacial score (nSPS) is 11.1. The zero-order valence-electron chi connectivity index (χ0n) is 16.1. The first-order chi connectivity index (χ1) is 14.6. The van der Waals surface area contributed by atoms with E-state index in [0.29, 0.717) is 28.0 Å². The third-order valence-corrected chi connectivity index (χ3v) is 5.14. The molecule has 0 unspecified atom stereocenters. The van der Waals surface area contributed by atoms with Gasteiger partial charge in [-0.25, -0.2) is 9.97 Å². The predicted molar refractivity (Wildman–Crippen MR) is 121 cm³/mol. The molecule has 8 heteroatoms. The van der Waals surface area contributed by atoms with Crippen LogP contribution in [-0.4, -0.2) is 24.7 Å². The number of aryl methyl sites for hydroxylation is 1. The van der Waals surface area contributed by atoms with Crippen molar-refractivity contribution in [2.45, 2.75) is 0 Å². The molecule has 7 nitrogen and oxygen atoms in total. The van der Waals surface area contributed by atoms with Crippen molar-refractivity contribution in [2.75, 3.05) is 11.1 Å².